The van der Waals surface area contributed by atoms with Gasteiger partial charge in [0.05, 0.1) is 16.6 Å². The van der Waals surface area contributed by atoms with E-state index in [1.54, 1.807) is 12.2 Å². The van der Waals surface area contributed by atoms with E-state index in [9.17, 15) is 37.6 Å². The maximum atomic E-state index is 13.4. The molecule has 7 atom stereocenters. The molecule has 0 saturated heterocycles. The van der Waals surface area contributed by atoms with Crippen LogP contribution in [0.5, 0.6) is 0 Å². The summed E-state index contributed by atoms with van der Waals surface area (Å²) in [6, 6.07) is 4.43. The van der Waals surface area contributed by atoms with Crippen LogP contribution in [0.2, 0.25) is 0 Å². The van der Waals surface area contributed by atoms with Crippen molar-refractivity contribution in [3.8, 4) is 0 Å². The lowest BCUT2D eigenvalue weighted by Gasteiger charge is -2.59. The lowest BCUT2D eigenvalue weighted by Crippen LogP contribution is -2.61. The maximum absolute atomic E-state index is 13.4. The zero-order valence-corrected chi connectivity index (χ0v) is 22.1. The predicted octanol–water partition coefficient (Wildman–Crippen LogP) is 2.33. The number of allylic oxidation sites excluding steroid dienone is 4. The second-order valence-corrected chi connectivity index (χ2v) is 13.0. The molecule has 1 aromatic carbocycles. The summed E-state index contributed by atoms with van der Waals surface area (Å²) in [7, 11) is -4.78. The first kappa shape index (κ1) is 26.9. The number of aliphatic hydroxyl groups excluding tert-OH is 1. The average Bonchev–Trinajstić information content (AvgIpc) is 3.13. The van der Waals surface area contributed by atoms with Crippen LogP contribution in [0.1, 0.15) is 56.3 Å². The Morgan fingerprint density at radius 2 is 1.95 bits per heavy atom. The lowest BCUT2D eigenvalue weighted by molar-refractivity contribution is -0.178. The number of aliphatic hydroxyl groups is 2. The predicted molar refractivity (Wildman–Crippen MR) is 133 cm³/mol. The van der Waals surface area contributed by atoms with Gasteiger partial charge in [0.25, 0.3) is 0 Å². The zero-order valence-electron chi connectivity index (χ0n) is 21.3. The van der Waals surface area contributed by atoms with Crippen LogP contribution in [0.15, 0.2) is 53.0 Å². The Balaban J connectivity index is 1.34. The standard InChI is InChI=1S/C28H32O9S/c1-26-10-8-18(29)13-17(26)6-7-20-21-9-11-28(33,27(21,2)14-22(30)24(20)26)23(31)15-37-25(32)16-4-3-5-19(12-16)38(34,35)36/h3-5,8,10,12-13,20-22,24,30,33H,6-7,9,11,14-15H2,1-2H3,(H,34,35,36)/p-1/t20-,21+,22+,24+,26-,27+,28-/m0/s1. The number of carbonyl (C=O) groups excluding carboxylic acids is 3. The highest BCUT2D eigenvalue weighted by molar-refractivity contribution is 7.85. The average molecular weight is 544 g/mol. The number of hydrogen-bond donors (Lipinski definition) is 2. The number of Topliss-reactive ketones (excluding diaryl/α,β-unsaturated/α-hetero) is 1. The van der Waals surface area contributed by atoms with Gasteiger partial charge in [-0.2, -0.15) is 0 Å². The highest BCUT2D eigenvalue weighted by Crippen LogP contribution is 2.67. The Kier molecular flexibility index (Phi) is 6.34. The van der Waals surface area contributed by atoms with Crippen molar-refractivity contribution < 1.29 is 42.3 Å². The molecule has 3 fully saturated rings. The smallest absolute Gasteiger partial charge is 0.338 e. The number of benzene rings is 1. The van der Waals surface area contributed by atoms with Crippen LogP contribution in [0, 0.1) is 28.6 Å². The van der Waals surface area contributed by atoms with Crippen LogP contribution in [-0.4, -0.2) is 59.0 Å². The summed E-state index contributed by atoms with van der Waals surface area (Å²) in [6.45, 7) is 3.13. The summed E-state index contributed by atoms with van der Waals surface area (Å²) < 4.78 is 38.9. The summed E-state index contributed by atoms with van der Waals surface area (Å²) in [5.41, 5.74) is -2.42. The minimum Gasteiger partial charge on any atom is -0.744 e. The van der Waals surface area contributed by atoms with Gasteiger partial charge in [-0.1, -0.05) is 31.6 Å². The normalized spacial score (nSPS) is 38.0. The van der Waals surface area contributed by atoms with E-state index in [-0.39, 0.29) is 41.9 Å². The highest BCUT2D eigenvalue weighted by atomic mass is 32.2. The second kappa shape index (κ2) is 8.94. The van der Waals surface area contributed by atoms with Gasteiger partial charge >= 0.3 is 5.97 Å². The van der Waals surface area contributed by atoms with Gasteiger partial charge in [-0.25, -0.2) is 13.2 Å². The summed E-state index contributed by atoms with van der Waals surface area (Å²) in [4.78, 5) is 37.3. The van der Waals surface area contributed by atoms with Crippen molar-refractivity contribution in [1.29, 1.82) is 0 Å². The number of hydrogen-bond acceptors (Lipinski definition) is 9. The van der Waals surface area contributed by atoms with Crippen LogP contribution < -0.4 is 0 Å². The van der Waals surface area contributed by atoms with Gasteiger partial charge in [-0.05, 0) is 74.3 Å². The molecule has 0 amide bonds. The number of fused-ring (bicyclic) bond motifs is 5. The van der Waals surface area contributed by atoms with Gasteiger partial charge in [0.1, 0.15) is 15.7 Å². The summed E-state index contributed by atoms with van der Waals surface area (Å²) in [5.74, 6) is -1.89. The third-order valence-electron chi connectivity index (χ3n) is 9.80. The second-order valence-electron chi connectivity index (χ2n) is 11.6. The first-order valence-corrected chi connectivity index (χ1v) is 14.2. The lowest BCUT2D eigenvalue weighted by atomic mass is 9.46. The molecule has 3 saturated carbocycles. The van der Waals surface area contributed by atoms with Gasteiger partial charge < -0.3 is 19.5 Å². The van der Waals surface area contributed by atoms with Crippen molar-refractivity contribution in [3.63, 3.8) is 0 Å². The third kappa shape index (κ3) is 4.00. The summed E-state index contributed by atoms with van der Waals surface area (Å²) in [6.07, 6.45) is 6.66. The van der Waals surface area contributed by atoms with Gasteiger partial charge in [-0.15, -0.1) is 0 Å². The maximum Gasteiger partial charge on any atom is 0.338 e. The molecule has 0 aliphatic heterocycles. The van der Waals surface area contributed by atoms with Gasteiger partial charge in [0.15, 0.2) is 12.4 Å². The van der Waals surface area contributed by atoms with E-state index in [1.807, 2.05) is 19.9 Å². The fourth-order valence-corrected chi connectivity index (χ4v) is 8.42. The van der Waals surface area contributed by atoms with E-state index in [0.717, 1.165) is 24.1 Å². The molecule has 2 N–H and O–H groups in total. The molecule has 0 heterocycles. The number of ketones is 2. The topological polar surface area (TPSA) is 158 Å². The molecule has 0 spiro atoms. The molecule has 0 aromatic heterocycles. The molecule has 4 aliphatic carbocycles. The SMILES string of the molecule is C[C@]12C=CC(=O)C=C1CC[C@@H]1[C@@H]2[C@H](O)C[C@]2(C)[C@@H]1CC[C@]2(O)C(=O)COC(=O)c1cccc(S(=O)(=O)[O-])c1. The molecule has 0 radical (unpaired) electrons. The van der Waals surface area contributed by atoms with Gasteiger partial charge in [0, 0.05) is 16.7 Å². The molecular weight excluding hydrogens is 512 g/mol. The van der Waals surface area contributed by atoms with E-state index < -0.39 is 55.9 Å². The monoisotopic (exact) mass is 543 g/mol. The van der Waals surface area contributed by atoms with E-state index in [4.69, 9.17) is 4.74 Å². The van der Waals surface area contributed by atoms with Crippen LogP contribution in [-0.2, 0) is 24.4 Å². The van der Waals surface area contributed by atoms with E-state index in [0.29, 0.717) is 12.8 Å². The fraction of sp³-hybridized carbons (Fsp3) is 0.536. The van der Waals surface area contributed by atoms with Crippen LogP contribution in [0.3, 0.4) is 0 Å². The molecule has 0 bridgehead atoms. The number of esters is 1. The van der Waals surface area contributed by atoms with E-state index in [2.05, 4.69) is 0 Å². The summed E-state index contributed by atoms with van der Waals surface area (Å²) >= 11 is 0. The van der Waals surface area contributed by atoms with Crippen molar-refractivity contribution in [3.05, 3.63) is 53.6 Å². The van der Waals surface area contributed by atoms with E-state index in [1.165, 1.54) is 12.1 Å². The fourth-order valence-electron chi connectivity index (χ4n) is 7.90. The van der Waals surface area contributed by atoms with Crippen molar-refractivity contribution in [1.82, 2.24) is 0 Å². The minimum absolute atomic E-state index is 0.0323. The number of carbonyl (C=O) groups is 3. The molecule has 38 heavy (non-hydrogen) atoms. The molecule has 5 rings (SSSR count). The molecule has 204 valence electrons. The van der Waals surface area contributed by atoms with Crippen molar-refractivity contribution in [2.24, 2.45) is 28.6 Å². The first-order valence-electron chi connectivity index (χ1n) is 12.8. The Hall–Kier alpha value is -2.66. The Morgan fingerprint density at radius 3 is 2.66 bits per heavy atom. The first-order chi connectivity index (χ1) is 17.7. The molecule has 1 aromatic rings. The Morgan fingerprint density at radius 1 is 1.21 bits per heavy atom. The highest BCUT2D eigenvalue weighted by Gasteiger charge is 2.68. The summed E-state index contributed by atoms with van der Waals surface area (Å²) in [5, 5.41) is 23.2. The Labute approximate surface area is 221 Å². The third-order valence-corrected chi connectivity index (χ3v) is 10.6. The zero-order chi connectivity index (χ0) is 27.7. The van der Waals surface area contributed by atoms with Crippen LogP contribution in [0.4, 0.5) is 0 Å². The number of ether oxygens (including phenoxy) is 1. The van der Waals surface area contributed by atoms with Crippen LogP contribution in [0.25, 0.3) is 0 Å². The quantitative estimate of drug-likeness (QED) is 0.420. The molecule has 9 nitrogen and oxygen atoms in total. The molecular formula is C28H31O9S-. The molecule has 0 unspecified atom stereocenters. The minimum atomic E-state index is -4.78. The molecule has 4 aliphatic rings. The van der Waals surface area contributed by atoms with Gasteiger partial charge in [-0.3, -0.25) is 9.59 Å². The largest absolute Gasteiger partial charge is 0.744 e. The van der Waals surface area contributed by atoms with Crippen molar-refractivity contribution >= 4 is 27.7 Å². The number of rotatable bonds is 5. The molecule has 10 heteroatoms. The Bertz CT molecular complexity index is 1380. The van der Waals surface area contributed by atoms with Crippen molar-refractivity contribution in [2.45, 2.75) is 62.6 Å². The van der Waals surface area contributed by atoms with E-state index >= 15 is 0 Å². The van der Waals surface area contributed by atoms with Gasteiger partial charge in [0.2, 0.25) is 5.78 Å². The van der Waals surface area contributed by atoms with Crippen molar-refractivity contribution in [2.75, 3.05) is 6.61 Å². The van der Waals surface area contributed by atoms with Crippen LogP contribution >= 0.6 is 0 Å².